The third kappa shape index (κ3) is 4.40. The molecule has 0 radical (unpaired) electrons. The van der Waals surface area contributed by atoms with Crippen LogP contribution in [0.5, 0.6) is 0 Å². The Morgan fingerprint density at radius 1 is 1.56 bits per heavy atom. The number of thiophene rings is 1. The molecule has 90 valence electrons. The Labute approximate surface area is 111 Å². The van der Waals surface area contributed by atoms with Crippen LogP contribution in [0.25, 0.3) is 6.08 Å². The Morgan fingerprint density at radius 3 is 2.81 bits per heavy atom. The molecule has 0 bridgehead atoms. The first-order valence-corrected chi connectivity index (χ1v) is 7.46. The molecule has 0 fully saturated rings. The summed E-state index contributed by atoms with van der Waals surface area (Å²) in [5.41, 5.74) is 1.47. The summed E-state index contributed by atoms with van der Waals surface area (Å²) in [7, 11) is 0. The van der Waals surface area contributed by atoms with Crippen molar-refractivity contribution >= 4 is 33.3 Å². The highest BCUT2D eigenvalue weighted by Gasteiger charge is 2.05. The number of halogens is 1. The minimum absolute atomic E-state index is 0.596. The normalized spacial score (nSPS) is 12.4. The van der Waals surface area contributed by atoms with Crippen LogP contribution in [0.15, 0.2) is 21.5 Å². The lowest BCUT2D eigenvalue weighted by molar-refractivity contribution is 0.657. The molecule has 3 heteroatoms. The van der Waals surface area contributed by atoms with Crippen LogP contribution < -0.4 is 5.32 Å². The third-order valence-corrected chi connectivity index (χ3v) is 4.28. The molecule has 0 amide bonds. The van der Waals surface area contributed by atoms with E-state index in [1.165, 1.54) is 21.3 Å². The van der Waals surface area contributed by atoms with E-state index in [0.29, 0.717) is 5.92 Å². The average Bonchev–Trinajstić information content (AvgIpc) is 2.63. The molecule has 0 aromatic carbocycles. The maximum Gasteiger partial charge on any atom is 0.0412 e. The second kappa shape index (κ2) is 7.25. The van der Waals surface area contributed by atoms with Crippen LogP contribution in [0.3, 0.4) is 0 Å². The van der Waals surface area contributed by atoms with Gasteiger partial charge in [0.15, 0.2) is 0 Å². The molecule has 1 aromatic heterocycles. The van der Waals surface area contributed by atoms with E-state index in [2.05, 4.69) is 59.5 Å². The van der Waals surface area contributed by atoms with Crippen LogP contribution in [-0.4, -0.2) is 13.1 Å². The van der Waals surface area contributed by atoms with Gasteiger partial charge in [0.05, 0.1) is 0 Å². The van der Waals surface area contributed by atoms with Gasteiger partial charge in [0.1, 0.15) is 0 Å². The molecular formula is C13H20BrNS. The van der Waals surface area contributed by atoms with Crippen LogP contribution in [0.4, 0.5) is 0 Å². The molecule has 0 aliphatic carbocycles. The minimum Gasteiger partial charge on any atom is -0.313 e. The van der Waals surface area contributed by atoms with Crippen molar-refractivity contribution in [1.82, 2.24) is 5.32 Å². The van der Waals surface area contributed by atoms with Gasteiger partial charge in [0.2, 0.25) is 0 Å². The Hall–Kier alpha value is -0.120. The molecule has 16 heavy (non-hydrogen) atoms. The molecule has 0 saturated heterocycles. The summed E-state index contributed by atoms with van der Waals surface area (Å²) in [6.45, 7) is 8.79. The van der Waals surface area contributed by atoms with Crippen molar-refractivity contribution in [2.45, 2.75) is 27.2 Å². The second-order valence-corrected chi connectivity index (χ2v) is 5.99. The second-order valence-electron chi connectivity index (χ2n) is 4.18. The van der Waals surface area contributed by atoms with Crippen LogP contribution in [-0.2, 0) is 0 Å². The molecule has 1 rings (SSSR count). The van der Waals surface area contributed by atoms with Crippen molar-refractivity contribution in [2.24, 2.45) is 5.92 Å². The van der Waals surface area contributed by atoms with E-state index in [1.54, 1.807) is 11.3 Å². The van der Waals surface area contributed by atoms with Gasteiger partial charge in [-0.25, -0.2) is 0 Å². The van der Waals surface area contributed by atoms with Crippen molar-refractivity contribution in [3.63, 3.8) is 0 Å². The molecule has 1 aromatic rings. The Bertz CT molecular complexity index is 341. The summed E-state index contributed by atoms with van der Waals surface area (Å²) >= 11 is 5.35. The molecule has 1 heterocycles. The zero-order chi connectivity index (χ0) is 12.0. The molecule has 1 nitrogen and oxygen atoms in total. The van der Waals surface area contributed by atoms with E-state index in [1.807, 2.05) is 0 Å². The molecule has 0 unspecified atom stereocenters. The van der Waals surface area contributed by atoms with E-state index >= 15 is 0 Å². The van der Waals surface area contributed by atoms with Crippen LogP contribution in [0, 0.1) is 5.92 Å². The molecule has 0 aliphatic heterocycles. The van der Waals surface area contributed by atoms with Crippen molar-refractivity contribution < 1.29 is 0 Å². The Morgan fingerprint density at radius 2 is 2.31 bits per heavy atom. The van der Waals surface area contributed by atoms with Crippen molar-refractivity contribution in [3.8, 4) is 0 Å². The third-order valence-electron chi connectivity index (χ3n) is 2.46. The van der Waals surface area contributed by atoms with Crippen LogP contribution in [0.2, 0.25) is 0 Å². The lowest BCUT2D eigenvalue weighted by atomic mass is 10.0. The Kier molecular flexibility index (Phi) is 6.32. The molecule has 0 saturated carbocycles. The number of hydrogen-bond donors (Lipinski definition) is 1. The first-order valence-electron chi connectivity index (χ1n) is 5.79. The number of hydrogen-bond acceptors (Lipinski definition) is 2. The molecule has 0 atom stereocenters. The van der Waals surface area contributed by atoms with Gasteiger partial charge in [-0.1, -0.05) is 26.3 Å². The first kappa shape index (κ1) is 13.9. The number of nitrogens with one attached hydrogen (secondary N) is 1. The first-order chi connectivity index (χ1) is 7.65. The maximum atomic E-state index is 3.57. The summed E-state index contributed by atoms with van der Waals surface area (Å²) in [6, 6.07) is 2.11. The SMILES string of the molecule is CCCNC/C(=C/c1sccc1Br)C(C)C. The quantitative estimate of drug-likeness (QED) is 0.760. The minimum atomic E-state index is 0.596. The lowest BCUT2D eigenvalue weighted by Gasteiger charge is -2.12. The predicted molar refractivity (Wildman–Crippen MR) is 78.0 cm³/mol. The van der Waals surface area contributed by atoms with E-state index in [4.69, 9.17) is 0 Å². The summed E-state index contributed by atoms with van der Waals surface area (Å²) in [5, 5.41) is 5.59. The summed E-state index contributed by atoms with van der Waals surface area (Å²) < 4.78 is 1.20. The topological polar surface area (TPSA) is 12.0 Å². The van der Waals surface area contributed by atoms with Crippen LogP contribution in [0.1, 0.15) is 32.1 Å². The summed E-state index contributed by atoms with van der Waals surface area (Å²) in [5.74, 6) is 0.596. The van der Waals surface area contributed by atoms with E-state index in [9.17, 15) is 0 Å². The van der Waals surface area contributed by atoms with Gasteiger partial charge in [-0.2, -0.15) is 0 Å². The van der Waals surface area contributed by atoms with Gasteiger partial charge in [0, 0.05) is 15.9 Å². The number of rotatable bonds is 6. The van der Waals surface area contributed by atoms with Gasteiger partial charge >= 0.3 is 0 Å². The Balaban J connectivity index is 2.69. The van der Waals surface area contributed by atoms with Crippen molar-refractivity contribution in [2.75, 3.05) is 13.1 Å². The van der Waals surface area contributed by atoms with Crippen LogP contribution >= 0.6 is 27.3 Å². The zero-order valence-corrected chi connectivity index (χ0v) is 12.6. The van der Waals surface area contributed by atoms with Gasteiger partial charge in [-0.05, 0) is 52.3 Å². The van der Waals surface area contributed by atoms with E-state index in [0.717, 1.165) is 13.1 Å². The summed E-state index contributed by atoms with van der Waals surface area (Å²) in [6.07, 6.45) is 3.50. The predicted octanol–water partition coefficient (Wildman–Crippen LogP) is 4.55. The zero-order valence-electron chi connectivity index (χ0n) is 10.2. The fraction of sp³-hybridized carbons (Fsp3) is 0.538. The fourth-order valence-corrected chi connectivity index (χ4v) is 2.86. The molecule has 0 spiro atoms. The van der Waals surface area contributed by atoms with E-state index in [-0.39, 0.29) is 0 Å². The average molecular weight is 302 g/mol. The van der Waals surface area contributed by atoms with Gasteiger partial charge in [-0.15, -0.1) is 11.3 Å². The standard InChI is InChI=1S/C13H20BrNS/c1-4-6-15-9-11(10(2)3)8-13-12(14)5-7-16-13/h5,7-8,10,15H,4,6,9H2,1-3H3/b11-8-. The molecule has 0 aliphatic rings. The highest BCUT2D eigenvalue weighted by atomic mass is 79.9. The van der Waals surface area contributed by atoms with Crippen molar-refractivity contribution in [1.29, 1.82) is 0 Å². The van der Waals surface area contributed by atoms with Gasteiger partial charge in [0.25, 0.3) is 0 Å². The lowest BCUT2D eigenvalue weighted by Crippen LogP contribution is -2.19. The van der Waals surface area contributed by atoms with Gasteiger partial charge in [-0.3, -0.25) is 0 Å². The van der Waals surface area contributed by atoms with Gasteiger partial charge < -0.3 is 5.32 Å². The summed E-state index contributed by atoms with van der Waals surface area (Å²) in [4.78, 5) is 1.32. The van der Waals surface area contributed by atoms with E-state index < -0.39 is 0 Å². The smallest absolute Gasteiger partial charge is 0.0412 e. The highest BCUT2D eigenvalue weighted by Crippen LogP contribution is 2.26. The highest BCUT2D eigenvalue weighted by molar-refractivity contribution is 9.10. The molecule has 1 N–H and O–H groups in total. The maximum absolute atomic E-state index is 3.57. The van der Waals surface area contributed by atoms with Crippen molar-refractivity contribution in [3.05, 3.63) is 26.4 Å². The largest absolute Gasteiger partial charge is 0.313 e. The monoisotopic (exact) mass is 301 g/mol. The fourth-order valence-electron chi connectivity index (χ4n) is 1.41. The molecular weight excluding hydrogens is 282 g/mol.